The number of hydrogen-bond donors (Lipinski definition) is 2. The fourth-order valence-electron chi connectivity index (χ4n) is 4.98. The summed E-state index contributed by atoms with van der Waals surface area (Å²) in [5.74, 6) is -0.853. The first-order valence-corrected chi connectivity index (χ1v) is 11.4. The van der Waals surface area contributed by atoms with E-state index in [0.29, 0.717) is 24.2 Å². The molecule has 5 rings (SSSR count). The minimum Gasteiger partial charge on any atom is -0.338 e. The molecule has 2 aliphatic heterocycles. The molecule has 3 heterocycles. The number of aryl methyl sites for hydroxylation is 2. The van der Waals surface area contributed by atoms with Crippen molar-refractivity contribution in [3.05, 3.63) is 64.8 Å². The summed E-state index contributed by atoms with van der Waals surface area (Å²) in [7, 11) is 0. The quantitative estimate of drug-likeness (QED) is 0.581. The average Bonchev–Trinajstić information content (AvgIpc) is 3.39. The van der Waals surface area contributed by atoms with Crippen LogP contribution in [-0.4, -0.2) is 52.3 Å². The lowest BCUT2D eigenvalue weighted by Gasteiger charge is -2.32. The zero-order chi connectivity index (χ0) is 24.0. The van der Waals surface area contributed by atoms with Crippen LogP contribution in [0.3, 0.4) is 0 Å². The maximum atomic E-state index is 13.7. The van der Waals surface area contributed by atoms with Crippen LogP contribution in [0.15, 0.2) is 42.6 Å². The Morgan fingerprint density at radius 2 is 1.85 bits per heavy atom. The van der Waals surface area contributed by atoms with Crippen molar-refractivity contribution >= 4 is 28.7 Å². The van der Waals surface area contributed by atoms with E-state index in [2.05, 4.69) is 42.8 Å². The number of nitrogens with one attached hydrogen (secondary N) is 2. The Kier molecular flexibility index (Phi) is 5.34. The van der Waals surface area contributed by atoms with Crippen LogP contribution in [0.4, 0.5) is 9.18 Å². The van der Waals surface area contributed by atoms with Crippen LogP contribution in [0.1, 0.15) is 45.9 Å². The second-order valence-corrected chi connectivity index (χ2v) is 9.18. The monoisotopic (exact) mass is 463 g/mol. The van der Waals surface area contributed by atoms with Gasteiger partial charge in [0.25, 0.3) is 11.8 Å². The number of hydrogen-bond acceptors (Lipinski definition) is 4. The zero-order valence-corrected chi connectivity index (χ0v) is 19.1. The number of likely N-dealkylation sites (tertiary alicyclic amines) is 1. The summed E-state index contributed by atoms with van der Waals surface area (Å²) in [5, 5.41) is 10.4. The van der Waals surface area contributed by atoms with Gasteiger partial charge in [0, 0.05) is 30.2 Å². The molecule has 0 radical (unpaired) electrons. The number of urea groups is 1. The number of imide groups is 1. The molecule has 2 aromatic carbocycles. The van der Waals surface area contributed by atoms with Gasteiger partial charge >= 0.3 is 6.03 Å². The molecular weight excluding hydrogens is 437 g/mol. The molecule has 3 aromatic rings. The van der Waals surface area contributed by atoms with Gasteiger partial charge in [0.2, 0.25) is 0 Å². The fraction of sp³-hybridized carbons (Fsp3) is 0.360. The molecule has 2 fully saturated rings. The number of rotatable bonds is 4. The molecule has 34 heavy (non-hydrogen) atoms. The van der Waals surface area contributed by atoms with E-state index < -0.39 is 24.2 Å². The van der Waals surface area contributed by atoms with Crippen LogP contribution in [0, 0.1) is 13.8 Å². The van der Waals surface area contributed by atoms with Gasteiger partial charge in [0.05, 0.1) is 11.6 Å². The Morgan fingerprint density at radius 3 is 2.47 bits per heavy atom. The highest BCUT2D eigenvalue weighted by atomic mass is 19.1. The van der Waals surface area contributed by atoms with Crippen molar-refractivity contribution in [2.45, 2.75) is 38.3 Å². The molecule has 2 aliphatic rings. The number of nitrogens with zero attached hydrogens (tertiary/aromatic N) is 3. The third kappa shape index (κ3) is 3.61. The van der Waals surface area contributed by atoms with E-state index in [1.165, 1.54) is 17.7 Å². The minimum absolute atomic E-state index is 0.115. The van der Waals surface area contributed by atoms with Crippen molar-refractivity contribution in [3.63, 3.8) is 0 Å². The molecule has 2 saturated heterocycles. The molecular formula is C25H26FN5O3. The van der Waals surface area contributed by atoms with Gasteiger partial charge in [-0.05, 0) is 56.0 Å². The van der Waals surface area contributed by atoms with Gasteiger partial charge in [0.1, 0.15) is 6.67 Å². The number of carbonyl (C=O) groups is 3. The number of aromatic nitrogens is 2. The van der Waals surface area contributed by atoms with Crippen LogP contribution in [0.25, 0.3) is 10.9 Å². The van der Waals surface area contributed by atoms with Crippen LogP contribution in [-0.2, 0) is 10.3 Å². The molecule has 0 unspecified atom stereocenters. The number of fused-ring (bicyclic) bond motifs is 1. The van der Waals surface area contributed by atoms with Gasteiger partial charge in [-0.1, -0.05) is 23.8 Å². The first-order chi connectivity index (χ1) is 16.3. The molecule has 0 aliphatic carbocycles. The molecule has 1 atom stereocenters. The number of benzene rings is 2. The third-order valence-corrected chi connectivity index (χ3v) is 6.85. The smallest absolute Gasteiger partial charge is 0.322 e. The van der Waals surface area contributed by atoms with Gasteiger partial charge in [-0.3, -0.25) is 19.6 Å². The van der Waals surface area contributed by atoms with Crippen LogP contribution in [0.5, 0.6) is 0 Å². The summed E-state index contributed by atoms with van der Waals surface area (Å²) in [6, 6.07) is 9.95. The number of amides is 4. The van der Waals surface area contributed by atoms with Gasteiger partial charge in [-0.25, -0.2) is 9.18 Å². The Bertz CT molecular complexity index is 1290. The highest BCUT2D eigenvalue weighted by molar-refractivity contribution is 6.07. The number of halogens is 1. The molecule has 2 N–H and O–H groups in total. The van der Waals surface area contributed by atoms with Crippen LogP contribution in [0.2, 0.25) is 0 Å². The van der Waals surface area contributed by atoms with E-state index in [0.717, 1.165) is 29.3 Å². The maximum Gasteiger partial charge on any atom is 0.322 e. The summed E-state index contributed by atoms with van der Waals surface area (Å²) in [5.41, 5.74) is 2.39. The summed E-state index contributed by atoms with van der Waals surface area (Å²) >= 11 is 0. The summed E-state index contributed by atoms with van der Waals surface area (Å²) in [4.78, 5) is 38.5. The summed E-state index contributed by atoms with van der Waals surface area (Å²) in [6.45, 7) is 4.28. The molecule has 4 amide bonds. The van der Waals surface area contributed by atoms with Gasteiger partial charge in [-0.2, -0.15) is 5.10 Å². The lowest BCUT2D eigenvalue weighted by molar-refractivity contribution is -0.124. The van der Waals surface area contributed by atoms with E-state index in [4.69, 9.17) is 5.10 Å². The topological polar surface area (TPSA) is 96.3 Å². The van der Waals surface area contributed by atoms with Crippen LogP contribution < -0.4 is 10.6 Å². The highest BCUT2D eigenvalue weighted by Gasteiger charge is 2.48. The fourth-order valence-corrected chi connectivity index (χ4v) is 4.98. The van der Waals surface area contributed by atoms with Gasteiger partial charge in [0.15, 0.2) is 5.54 Å². The van der Waals surface area contributed by atoms with Crippen molar-refractivity contribution in [1.82, 2.24) is 25.3 Å². The Labute approximate surface area is 196 Å². The second kappa shape index (κ2) is 8.23. The second-order valence-electron chi connectivity index (χ2n) is 9.18. The third-order valence-electron chi connectivity index (χ3n) is 6.85. The summed E-state index contributed by atoms with van der Waals surface area (Å²) in [6.07, 6.45) is 3.69. The van der Waals surface area contributed by atoms with Crippen molar-refractivity contribution in [2.75, 3.05) is 19.8 Å². The molecule has 176 valence electrons. The molecule has 1 aromatic heterocycles. The molecule has 0 saturated carbocycles. The SMILES string of the molecule is Cc1cc(C)c2nn(C3CCN(C(=O)c4ccc([C@@]5(CF)NC(=O)NC5=O)cc4)CC3)cc2c1. The van der Waals surface area contributed by atoms with Gasteiger partial charge < -0.3 is 10.2 Å². The lowest BCUT2D eigenvalue weighted by atomic mass is 9.90. The van der Waals surface area contributed by atoms with E-state index in [-0.39, 0.29) is 11.9 Å². The van der Waals surface area contributed by atoms with Crippen molar-refractivity contribution in [2.24, 2.45) is 0 Å². The molecule has 9 heteroatoms. The number of alkyl halides is 1. The Hall–Kier alpha value is -3.75. The molecule has 8 nitrogen and oxygen atoms in total. The number of piperidine rings is 1. The zero-order valence-electron chi connectivity index (χ0n) is 19.1. The maximum absolute atomic E-state index is 13.7. The van der Waals surface area contributed by atoms with E-state index in [1.807, 2.05) is 4.68 Å². The van der Waals surface area contributed by atoms with E-state index >= 15 is 0 Å². The van der Waals surface area contributed by atoms with Gasteiger partial charge in [-0.15, -0.1) is 0 Å². The predicted octanol–water partition coefficient (Wildman–Crippen LogP) is 3.13. The Morgan fingerprint density at radius 1 is 1.15 bits per heavy atom. The minimum atomic E-state index is -1.75. The summed E-state index contributed by atoms with van der Waals surface area (Å²) < 4.78 is 15.8. The molecule has 0 spiro atoms. The van der Waals surface area contributed by atoms with Crippen molar-refractivity contribution < 1.29 is 18.8 Å². The lowest BCUT2D eigenvalue weighted by Crippen LogP contribution is -2.46. The van der Waals surface area contributed by atoms with Crippen molar-refractivity contribution in [3.8, 4) is 0 Å². The largest absolute Gasteiger partial charge is 0.338 e. The predicted molar refractivity (Wildman–Crippen MR) is 124 cm³/mol. The first-order valence-electron chi connectivity index (χ1n) is 11.4. The highest BCUT2D eigenvalue weighted by Crippen LogP contribution is 2.29. The molecule has 0 bridgehead atoms. The first kappa shape index (κ1) is 22.1. The van der Waals surface area contributed by atoms with E-state index in [9.17, 15) is 18.8 Å². The number of carbonyl (C=O) groups excluding carboxylic acids is 3. The standard InChI is InChI=1S/C25H26FN5O3/c1-15-11-16(2)21-18(12-15)13-31(29-21)20-7-9-30(10-8-20)22(32)17-3-5-19(6-4-17)25(14-26)23(33)27-24(34)28-25/h3-6,11-13,20H,7-10,14H2,1-2H3,(H2,27,28,33,34)/t25-/m1/s1. The normalized spacial score (nSPS) is 21.1. The van der Waals surface area contributed by atoms with Crippen molar-refractivity contribution in [1.29, 1.82) is 0 Å². The average molecular weight is 464 g/mol. The van der Waals surface area contributed by atoms with E-state index in [1.54, 1.807) is 17.0 Å². The Balaban J connectivity index is 1.27. The van der Waals surface area contributed by atoms with Crippen LogP contribution >= 0.6 is 0 Å².